The Bertz CT molecular complexity index is 859. The highest BCUT2D eigenvalue weighted by molar-refractivity contribution is 5.75. The zero-order valence-corrected chi connectivity index (χ0v) is 16.3. The molecule has 5 nitrogen and oxygen atoms in total. The first-order valence-electron chi connectivity index (χ1n) is 10.1. The summed E-state index contributed by atoms with van der Waals surface area (Å²) in [5.41, 5.74) is 3.09. The summed E-state index contributed by atoms with van der Waals surface area (Å²) in [7, 11) is 1.70. The van der Waals surface area contributed by atoms with Gasteiger partial charge in [0.1, 0.15) is 11.5 Å². The van der Waals surface area contributed by atoms with Gasteiger partial charge in [0, 0.05) is 17.5 Å². The molecule has 2 aromatic rings. The van der Waals surface area contributed by atoms with Gasteiger partial charge in [0.05, 0.1) is 13.2 Å². The number of amides is 2. The van der Waals surface area contributed by atoms with Gasteiger partial charge in [-0.2, -0.15) is 0 Å². The van der Waals surface area contributed by atoms with E-state index in [-0.39, 0.29) is 17.5 Å². The van der Waals surface area contributed by atoms with Crippen molar-refractivity contribution in [3.8, 4) is 11.5 Å². The molecule has 4 rings (SSSR count). The Balaban J connectivity index is 1.45. The summed E-state index contributed by atoms with van der Waals surface area (Å²) in [6.07, 6.45) is 6.03. The van der Waals surface area contributed by atoms with E-state index in [0.29, 0.717) is 12.3 Å². The number of rotatable bonds is 5. The Morgan fingerprint density at radius 1 is 1.18 bits per heavy atom. The highest BCUT2D eigenvalue weighted by atomic mass is 16.5. The third-order valence-electron chi connectivity index (χ3n) is 6.38. The number of carbonyl (C=O) groups is 1. The maximum atomic E-state index is 12.7. The van der Waals surface area contributed by atoms with Crippen LogP contribution in [0.5, 0.6) is 11.5 Å². The lowest BCUT2D eigenvalue weighted by Crippen LogP contribution is -2.44. The molecule has 0 aromatic heterocycles. The van der Waals surface area contributed by atoms with E-state index in [0.717, 1.165) is 55.4 Å². The molecule has 2 aliphatic rings. The van der Waals surface area contributed by atoms with Gasteiger partial charge in [0.15, 0.2) is 0 Å². The quantitative estimate of drug-likeness (QED) is 0.728. The highest BCUT2D eigenvalue weighted by Gasteiger charge is 2.38. The molecule has 2 aliphatic carbocycles. The molecule has 2 amide bonds. The molecule has 0 spiro atoms. The number of phenols is 1. The van der Waals surface area contributed by atoms with E-state index in [1.165, 1.54) is 5.56 Å². The molecular formula is C23H28N2O3. The molecule has 0 radical (unpaired) electrons. The summed E-state index contributed by atoms with van der Waals surface area (Å²) in [5, 5.41) is 16.2. The van der Waals surface area contributed by atoms with Gasteiger partial charge < -0.3 is 20.5 Å². The smallest absolute Gasteiger partial charge is 0.315 e. The van der Waals surface area contributed by atoms with Crippen molar-refractivity contribution in [1.29, 1.82) is 0 Å². The van der Waals surface area contributed by atoms with Gasteiger partial charge in [-0.25, -0.2) is 4.79 Å². The van der Waals surface area contributed by atoms with Gasteiger partial charge in [0.25, 0.3) is 0 Å². The molecule has 3 N–H and O–H groups in total. The number of nitrogens with one attached hydrogen (secondary N) is 2. The van der Waals surface area contributed by atoms with Crippen LogP contribution in [0.3, 0.4) is 0 Å². The number of methoxy groups -OCH3 is 1. The number of ether oxygens (including phenoxy) is 1. The SMILES string of the molecule is COc1ccccc1C1(CNC(=O)NC2CCc3c(O)cccc32)CCCC1. The molecule has 0 aliphatic heterocycles. The number of hydrogen-bond donors (Lipinski definition) is 3. The first-order valence-corrected chi connectivity index (χ1v) is 10.1. The van der Waals surface area contributed by atoms with E-state index in [2.05, 4.69) is 16.7 Å². The zero-order valence-electron chi connectivity index (χ0n) is 16.3. The Labute approximate surface area is 166 Å². The molecule has 5 heteroatoms. The third-order valence-corrected chi connectivity index (χ3v) is 6.38. The fourth-order valence-electron chi connectivity index (χ4n) is 4.92. The normalized spacial score (nSPS) is 19.8. The van der Waals surface area contributed by atoms with Crippen LogP contribution in [-0.2, 0) is 11.8 Å². The molecule has 0 bridgehead atoms. The fourth-order valence-corrected chi connectivity index (χ4v) is 4.92. The molecule has 1 unspecified atom stereocenters. The Hall–Kier alpha value is -2.69. The summed E-state index contributed by atoms with van der Waals surface area (Å²) in [6.45, 7) is 0.596. The number of aromatic hydroxyl groups is 1. The molecular weight excluding hydrogens is 352 g/mol. The molecule has 28 heavy (non-hydrogen) atoms. The maximum absolute atomic E-state index is 12.7. The number of carbonyl (C=O) groups excluding carboxylic acids is 1. The second-order valence-corrected chi connectivity index (χ2v) is 7.95. The predicted molar refractivity (Wildman–Crippen MR) is 109 cm³/mol. The van der Waals surface area contributed by atoms with Gasteiger partial charge in [-0.05, 0) is 48.9 Å². The third kappa shape index (κ3) is 3.41. The van der Waals surface area contributed by atoms with Crippen LogP contribution in [0.15, 0.2) is 42.5 Å². The second-order valence-electron chi connectivity index (χ2n) is 7.95. The molecule has 0 saturated heterocycles. The van der Waals surface area contributed by atoms with Crippen LogP contribution in [0.2, 0.25) is 0 Å². The molecule has 1 fully saturated rings. The van der Waals surface area contributed by atoms with Crippen LogP contribution < -0.4 is 15.4 Å². The minimum absolute atomic E-state index is 0.0483. The van der Waals surface area contributed by atoms with Crippen molar-refractivity contribution < 1.29 is 14.6 Å². The lowest BCUT2D eigenvalue weighted by molar-refractivity contribution is 0.233. The minimum Gasteiger partial charge on any atom is -0.508 e. The average Bonchev–Trinajstić information content (AvgIpc) is 3.35. The summed E-state index contributed by atoms with van der Waals surface area (Å²) >= 11 is 0. The van der Waals surface area contributed by atoms with Crippen molar-refractivity contribution in [2.75, 3.05) is 13.7 Å². The van der Waals surface area contributed by atoms with Crippen molar-refractivity contribution in [2.45, 2.75) is 50.0 Å². The standard InChI is InChI=1S/C23H28N2O3/c1-28-21-10-3-2-8-18(21)23(13-4-5-14-23)15-24-22(27)25-19-12-11-17-16(19)7-6-9-20(17)26/h2-3,6-10,19,26H,4-5,11-15H2,1H3,(H2,24,25,27). The first-order chi connectivity index (χ1) is 13.6. The maximum Gasteiger partial charge on any atom is 0.315 e. The highest BCUT2D eigenvalue weighted by Crippen LogP contribution is 2.44. The lowest BCUT2D eigenvalue weighted by Gasteiger charge is -2.31. The van der Waals surface area contributed by atoms with Crippen LogP contribution in [0.4, 0.5) is 4.79 Å². The summed E-state index contributed by atoms with van der Waals surface area (Å²) < 4.78 is 5.60. The van der Waals surface area contributed by atoms with Crippen LogP contribution in [-0.4, -0.2) is 24.8 Å². The van der Waals surface area contributed by atoms with E-state index in [9.17, 15) is 9.90 Å². The summed E-state index contributed by atoms with van der Waals surface area (Å²) in [4.78, 5) is 12.7. The number of hydrogen-bond acceptors (Lipinski definition) is 3. The minimum atomic E-state index is -0.151. The molecule has 1 atom stereocenters. The molecule has 2 aromatic carbocycles. The number of phenolic OH excluding ortho intramolecular Hbond substituents is 1. The largest absolute Gasteiger partial charge is 0.508 e. The first kappa shape index (κ1) is 18.7. The number of para-hydroxylation sites is 1. The van der Waals surface area contributed by atoms with E-state index in [1.807, 2.05) is 30.3 Å². The lowest BCUT2D eigenvalue weighted by atomic mass is 9.78. The van der Waals surface area contributed by atoms with E-state index >= 15 is 0 Å². The van der Waals surface area contributed by atoms with Crippen molar-refractivity contribution in [2.24, 2.45) is 0 Å². The topological polar surface area (TPSA) is 70.6 Å². The molecule has 0 heterocycles. The van der Waals surface area contributed by atoms with E-state index in [1.54, 1.807) is 13.2 Å². The van der Waals surface area contributed by atoms with E-state index < -0.39 is 0 Å². The van der Waals surface area contributed by atoms with E-state index in [4.69, 9.17) is 4.74 Å². The van der Waals surface area contributed by atoms with Gasteiger partial charge in [-0.3, -0.25) is 0 Å². The Morgan fingerprint density at radius 2 is 1.96 bits per heavy atom. The van der Waals surface area contributed by atoms with Gasteiger partial charge in [-0.15, -0.1) is 0 Å². The van der Waals surface area contributed by atoms with Crippen molar-refractivity contribution in [3.05, 3.63) is 59.2 Å². The van der Waals surface area contributed by atoms with Crippen LogP contribution in [0, 0.1) is 0 Å². The number of urea groups is 1. The van der Waals surface area contributed by atoms with Gasteiger partial charge in [0.2, 0.25) is 0 Å². The molecule has 148 valence electrons. The summed E-state index contributed by atoms with van der Waals surface area (Å²) in [5.74, 6) is 1.22. The molecule has 1 saturated carbocycles. The second kappa shape index (κ2) is 7.74. The predicted octanol–water partition coefficient (Wildman–Crippen LogP) is 4.20. The number of benzene rings is 2. The van der Waals surface area contributed by atoms with Crippen LogP contribution >= 0.6 is 0 Å². The van der Waals surface area contributed by atoms with Gasteiger partial charge in [-0.1, -0.05) is 43.2 Å². The van der Waals surface area contributed by atoms with Crippen molar-refractivity contribution >= 4 is 6.03 Å². The Morgan fingerprint density at radius 3 is 2.75 bits per heavy atom. The monoisotopic (exact) mass is 380 g/mol. The van der Waals surface area contributed by atoms with Crippen molar-refractivity contribution in [3.63, 3.8) is 0 Å². The Kier molecular flexibility index (Phi) is 5.16. The van der Waals surface area contributed by atoms with Gasteiger partial charge >= 0.3 is 6.03 Å². The van der Waals surface area contributed by atoms with Crippen molar-refractivity contribution in [1.82, 2.24) is 10.6 Å². The van der Waals surface area contributed by atoms with Crippen LogP contribution in [0.25, 0.3) is 0 Å². The van der Waals surface area contributed by atoms with Crippen LogP contribution in [0.1, 0.15) is 54.8 Å². The number of fused-ring (bicyclic) bond motifs is 1. The zero-order chi connectivity index (χ0) is 19.6. The summed E-state index contributed by atoms with van der Waals surface area (Å²) in [6, 6.07) is 13.5. The average molecular weight is 380 g/mol. The fraction of sp³-hybridized carbons (Fsp3) is 0.435.